The van der Waals surface area contributed by atoms with E-state index in [1.807, 2.05) is 18.7 Å². The summed E-state index contributed by atoms with van der Waals surface area (Å²) < 4.78 is 25.0. The number of likely N-dealkylation sites (tertiary alicyclic amines) is 1. The SMILES string of the molecule is CCOc1cc(C(=O)N(CC)Cc2cccc(F)c2)ccc1OCC(=O)N1CCCCC1. The van der Waals surface area contributed by atoms with E-state index < -0.39 is 0 Å². The number of amides is 2. The monoisotopic (exact) mass is 442 g/mol. The fourth-order valence-electron chi connectivity index (χ4n) is 3.77. The van der Waals surface area contributed by atoms with Crippen molar-refractivity contribution in [3.8, 4) is 11.5 Å². The van der Waals surface area contributed by atoms with Gasteiger partial charge in [-0.25, -0.2) is 4.39 Å². The molecule has 1 aliphatic heterocycles. The van der Waals surface area contributed by atoms with Crippen molar-refractivity contribution in [2.24, 2.45) is 0 Å². The first-order chi connectivity index (χ1) is 15.5. The number of carbonyl (C=O) groups is 2. The molecule has 1 saturated heterocycles. The first-order valence-corrected chi connectivity index (χ1v) is 11.2. The quantitative estimate of drug-likeness (QED) is 0.582. The molecule has 0 unspecified atom stereocenters. The van der Waals surface area contributed by atoms with E-state index in [0.29, 0.717) is 36.8 Å². The largest absolute Gasteiger partial charge is 0.490 e. The van der Waals surface area contributed by atoms with E-state index in [9.17, 15) is 14.0 Å². The van der Waals surface area contributed by atoms with E-state index in [4.69, 9.17) is 9.47 Å². The topological polar surface area (TPSA) is 59.1 Å². The lowest BCUT2D eigenvalue weighted by atomic mass is 10.1. The number of carbonyl (C=O) groups excluding carboxylic acids is 2. The Bertz CT molecular complexity index is 928. The molecule has 2 aromatic carbocycles. The van der Waals surface area contributed by atoms with Gasteiger partial charge in [0.1, 0.15) is 5.82 Å². The van der Waals surface area contributed by atoms with Gasteiger partial charge in [0.15, 0.2) is 18.1 Å². The Hall–Kier alpha value is -3.09. The zero-order valence-corrected chi connectivity index (χ0v) is 18.8. The molecule has 0 atom stereocenters. The molecule has 1 fully saturated rings. The Morgan fingerprint density at radius 2 is 1.78 bits per heavy atom. The zero-order chi connectivity index (χ0) is 22.9. The predicted molar refractivity (Wildman–Crippen MR) is 120 cm³/mol. The molecule has 0 spiro atoms. The summed E-state index contributed by atoms with van der Waals surface area (Å²) in [5.41, 5.74) is 1.17. The smallest absolute Gasteiger partial charge is 0.260 e. The van der Waals surface area contributed by atoms with Gasteiger partial charge in [-0.1, -0.05) is 12.1 Å². The van der Waals surface area contributed by atoms with Gasteiger partial charge < -0.3 is 19.3 Å². The zero-order valence-electron chi connectivity index (χ0n) is 18.8. The predicted octanol–water partition coefficient (Wildman–Crippen LogP) is 4.28. The minimum Gasteiger partial charge on any atom is -0.490 e. The fourth-order valence-corrected chi connectivity index (χ4v) is 3.77. The Morgan fingerprint density at radius 3 is 2.47 bits per heavy atom. The molecular weight excluding hydrogens is 411 g/mol. The van der Waals surface area contributed by atoms with Crippen LogP contribution in [0.5, 0.6) is 11.5 Å². The van der Waals surface area contributed by atoms with Crippen molar-refractivity contribution >= 4 is 11.8 Å². The van der Waals surface area contributed by atoms with E-state index in [-0.39, 0.29) is 24.2 Å². The maximum absolute atomic E-state index is 13.5. The fraction of sp³-hybridized carbons (Fsp3) is 0.440. The van der Waals surface area contributed by atoms with Gasteiger partial charge in [0.2, 0.25) is 0 Å². The third kappa shape index (κ3) is 6.22. The van der Waals surface area contributed by atoms with Crippen LogP contribution in [0.2, 0.25) is 0 Å². The molecule has 0 aromatic heterocycles. The number of halogens is 1. The van der Waals surface area contributed by atoms with Crippen molar-refractivity contribution in [3.63, 3.8) is 0 Å². The van der Waals surface area contributed by atoms with Gasteiger partial charge in [0.05, 0.1) is 6.61 Å². The Balaban J connectivity index is 1.70. The minimum absolute atomic E-state index is 0.0421. The minimum atomic E-state index is -0.328. The standard InChI is InChI=1S/C25H31FN2O4/c1-3-27(17-19-9-8-10-21(26)15-19)25(30)20-11-12-22(23(16-20)31-4-2)32-18-24(29)28-13-6-5-7-14-28/h8-12,15-16H,3-7,13-14,17-18H2,1-2H3. The summed E-state index contributed by atoms with van der Waals surface area (Å²) in [4.78, 5) is 29.0. The van der Waals surface area contributed by atoms with Crippen LogP contribution < -0.4 is 9.47 Å². The van der Waals surface area contributed by atoms with Gasteiger partial charge in [0, 0.05) is 31.7 Å². The Labute approximate surface area is 188 Å². The van der Waals surface area contributed by atoms with Crippen molar-refractivity contribution in [1.29, 1.82) is 0 Å². The highest BCUT2D eigenvalue weighted by molar-refractivity contribution is 5.95. The molecule has 32 heavy (non-hydrogen) atoms. The average Bonchev–Trinajstić information content (AvgIpc) is 2.82. The second kappa shape index (κ2) is 11.5. The van der Waals surface area contributed by atoms with Crippen molar-refractivity contribution in [2.45, 2.75) is 39.7 Å². The lowest BCUT2D eigenvalue weighted by Crippen LogP contribution is -2.38. The van der Waals surface area contributed by atoms with Crippen LogP contribution in [0.3, 0.4) is 0 Å². The summed E-state index contributed by atoms with van der Waals surface area (Å²) in [6, 6.07) is 11.2. The number of ether oxygens (including phenoxy) is 2. The van der Waals surface area contributed by atoms with Crippen molar-refractivity contribution < 1.29 is 23.5 Å². The summed E-state index contributed by atoms with van der Waals surface area (Å²) >= 11 is 0. The van der Waals surface area contributed by atoms with Crippen LogP contribution >= 0.6 is 0 Å². The van der Waals surface area contributed by atoms with E-state index >= 15 is 0 Å². The first kappa shape index (κ1) is 23.6. The van der Waals surface area contributed by atoms with Crippen LogP contribution in [-0.2, 0) is 11.3 Å². The van der Waals surface area contributed by atoms with Crippen LogP contribution in [0.15, 0.2) is 42.5 Å². The number of rotatable bonds is 9. The van der Waals surface area contributed by atoms with Gasteiger partial charge in [0.25, 0.3) is 11.8 Å². The third-order valence-electron chi connectivity index (χ3n) is 5.48. The number of nitrogens with zero attached hydrogens (tertiary/aromatic N) is 2. The lowest BCUT2D eigenvalue weighted by Gasteiger charge is -2.26. The van der Waals surface area contributed by atoms with Crippen LogP contribution in [0.1, 0.15) is 49.0 Å². The molecule has 1 aliphatic rings. The second-order valence-corrected chi connectivity index (χ2v) is 7.77. The molecule has 1 heterocycles. The Kier molecular flexibility index (Phi) is 8.48. The summed E-state index contributed by atoms with van der Waals surface area (Å²) in [5.74, 6) is 0.298. The molecule has 172 valence electrons. The molecule has 0 N–H and O–H groups in total. The molecule has 2 aromatic rings. The van der Waals surface area contributed by atoms with Crippen molar-refractivity contribution in [3.05, 3.63) is 59.4 Å². The van der Waals surface area contributed by atoms with E-state index in [0.717, 1.165) is 37.9 Å². The van der Waals surface area contributed by atoms with E-state index in [1.54, 1.807) is 35.2 Å². The number of piperidine rings is 1. The molecule has 0 radical (unpaired) electrons. The highest BCUT2D eigenvalue weighted by atomic mass is 19.1. The first-order valence-electron chi connectivity index (χ1n) is 11.2. The second-order valence-electron chi connectivity index (χ2n) is 7.77. The van der Waals surface area contributed by atoms with Crippen LogP contribution in [-0.4, -0.2) is 54.5 Å². The van der Waals surface area contributed by atoms with E-state index in [2.05, 4.69) is 0 Å². The van der Waals surface area contributed by atoms with Crippen LogP contribution in [0.25, 0.3) is 0 Å². The average molecular weight is 443 g/mol. The maximum atomic E-state index is 13.5. The molecule has 0 bridgehead atoms. The van der Waals surface area contributed by atoms with Crippen molar-refractivity contribution in [2.75, 3.05) is 32.8 Å². The molecule has 3 rings (SSSR count). The highest BCUT2D eigenvalue weighted by Crippen LogP contribution is 2.29. The summed E-state index contributed by atoms with van der Waals surface area (Å²) in [7, 11) is 0. The normalized spacial score (nSPS) is 13.5. The number of hydrogen-bond acceptors (Lipinski definition) is 4. The molecule has 0 aliphatic carbocycles. The summed E-state index contributed by atoms with van der Waals surface area (Å²) in [5, 5.41) is 0. The molecule has 2 amide bonds. The number of hydrogen-bond donors (Lipinski definition) is 0. The van der Waals surface area contributed by atoms with Gasteiger partial charge >= 0.3 is 0 Å². The van der Waals surface area contributed by atoms with Gasteiger partial charge in [-0.3, -0.25) is 9.59 Å². The van der Waals surface area contributed by atoms with Crippen LogP contribution in [0.4, 0.5) is 4.39 Å². The molecular formula is C25H31FN2O4. The summed E-state index contributed by atoms with van der Waals surface area (Å²) in [6.45, 7) is 6.38. The van der Waals surface area contributed by atoms with Gasteiger partial charge in [-0.15, -0.1) is 0 Å². The number of benzene rings is 2. The Morgan fingerprint density at radius 1 is 1.00 bits per heavy atom. The maximum Gasteiger partial charge on any atom is 0.260 e. The van der Waals surface area contributed by atoms with Crippen molar-refractivity contribution in [1.82, 2.24) is 9.80 Å². The highest BCUT2D eigenvalue weighted by Gasteiger charge is 2.20. The van der Waals surface area contributed by atoms with E-state index in [1.165, 1.54) is 12.1 Å². The molecule has 6 nitrogen and oxygen atoms in total. The summed E-state index contributed by atoms with van der Waals surface area (Å²) in [6.07, 6.45) is 3.20. The van der Waals surface area contributed by atoms with Crippen LogP contribution in [0, 0.1) is 5.82 Å². The third-order valence-corrected chi connectivity index (χ3v) is 5.48. The lowest BCUT2D eigenvalue weighted by molar-refractivity contribution is -0.134. The molecule has 0 saturated carbocycles. The van der Waals surface area contributed by atoms with Gasteiger partial charge in [-0.05, 0) is 69.0 Å². The van der Waals surface area contributed by atoms with Gasteiger partial charge in [-0.2, -0.15) is 0 Å². The molecule has 7 heteroatoms.